The Hall–Kier alpha value is -2.42. The minimum atomic E-state index is -0.822. The third-order valence-electron chi connectivity index (χ3n) is 5.57. The van der Waals surface area contributed by atoms with Gasteiger partial charge >= 0.3 is 5.97 Å². The Bertz CT molecular complexity index is 781. The number of nitrogens with zero attached hydrogens (tertiary/aromatic N) is 2. The van der Waals surface area contributed by atoms with Gasteiger partial charge in [-0.15, -0.1) is 0 Å². The second-order valence-corrected chi connectivity index (χ2v) is 8.90. The first-order valence-electron chi connectivity index (χ1n) is 11.4. The molecular formula is C23H34FN3O5. The van der Waals surface area contributed by atoms with E-state index in [9.17, 15) is 14.0 Å². The molecule has 0 radical (unpaired) electrons. The number of halogens is 1. The molecule has 2 heterocycles. The molecular weight excluding hydrogens is 417 g/mol. The number of alkyl halides is 1. The van der Waals surface area contributed by atoms with E-state index < -0.39 is 24.6 Å². The van der Waals surface area contributed by atoms with Crippen molar-refractivity contribution in [3.05, 3.63) is 17.8 Å². The zero-order valence-electron chi connectivity index (χ0n) is 19.1. The minimum Gasteiger partial charge on any atom is -0.476 e. The summed E-state index contributed by atoms with van der Waals surface area (Å²) in [6.45, 7) is 5.38. The molecule has 1 aliphatic heterocycles. The van der Waals surface area contributed by atoms with E-state index >= 15 is 0 Å². The maximum Gasteiger partial charge on any atom is 0.328 e. The number of hydrogen-bond acceptors (Lipinski definition) is 7. The summed E-state index contributed by atoms with van der Waals surface area (Å²) in [6.07, 6.45) is 3.02. The van der Waals surface area contributed by atoms with Crippen molar-refractivity contribution in [3.8, 4) is 5.88 Å². The van der Waals surface area contributed by atoms with E-state index in [0.29, 0.717) is 24.8 Å². The molecule has 0 aromatic carbocycles. The highest BCUT2D eigenvalue weighted by Crippen LogP contribution is 2.34. The van der Waals surface area contributed by atoms with Gasteiger partial charge in [0.05, 0.1) is 26.0 Å². The number of esters is 1. The van der Waals surface area contributed by atoms with Crippen LogP contribution in [0.15, 0.2) is 12.1 Å². The Kier molecular flexibility index (Phi) is 8.67. The molecule has 1 aromatic heterocycles. The van der Waals surface area contributed by atoms with Gasteiger partial charge in [0.15, 0.2) is 0 Å². The maximum atomic E-state index is 12.9. The van der Waals surface area contributed by atoms with E-state index in [-0.39, 0.29) is 30.7 Å². The monoisotopic (exact) mass is 451 g/mol. The highest BCUT2D eigenvalue weighted by molar-refractivity contribution is 5.95. The quantitative estimate of drug-likeness (QED) is 0.364. The summed E-state index contributed by atoms with van der Waals surface area (Å²) in [4.78, 5) is 31.9. The number of nitrogens with one attached hydrogen (secondary N) is 1. The molecule has 2 aliphatic rings. The van der Waals surface area contributed by atoms with Gasteiger partial charge in [-0.1, -0.05) is 13.8 Å². The lowest BCUT2D eigenvalue weighted by molar-refractivity contribution is -0.146. The molecule has 1 aliphatic carbocycles. The zero-order valence-corrected chi connectivity index (χ0v) is 19.1. The number of carbonyl (C=O) groups excluding carboxylic acids is 2. The molecule has 1 amide bonds. The van der Waals surface area contributed by atoms with Gasteiger partial charge in [-0.3, -0.25) is 9.18 Å². The van der Waals surface area contributed by atoms with E-state index in [1.165, 1.54) is 0 Å². The molecule has 1 saturated carbocycles. The number of hydrogen-bond donors (Lipinski definition) is 1. The number of ether oxygens (including phenoxy) is 3. The fourth-order valence-corrected chi connectivity index (χ4v) is 3.42. The molecule has 2 fully saturated rings. The Labute approximate surface area is 188 Å². The van der Waals surface area contributed by atoms with Gasteiger partial charge in [-0.25, -0.2) is 9.78 Å². The summed E-state index contributed by atoms with van der Waals surface area (Å²) in [5.74, 6) is 0.0829. The summed E-state index contributed by atoms with van der Waals surface area (Å²) in [6, 6.07) is 2.64. The highest BCUT2D eigenvalue weighted by Gasteiger charge is 2.31. The molecule has 8 nitrogen and oxygen atoms in total. The molecule has 1 N–H and O–H groups in total. The lowest BCUT2D eigenvalue weighted by Crippen LogP contribution is -2.52. The highest BCUT2D eigenvalue weighted by atomic mass is 19.1. The Morgan fingerprint density at radius 3 is 2.66 bits per heavy atom. The van der Waals surface area contributed by atoms with Crippen molar-refractivity contribution in [1.82, 2.24) is 10.3 Å². The smallest absolute Gasteiger partial charge is 0.328 e. The molecule has 9 heteroatoms. The van der Waals surface area contributed by atoms with E-state index in [4.69, 9.17) is 14.2 Å². The molecule has 1 saturated heterocycles. The van der Waals surface area contributed by atoms with Gasteiger partial charge in [0.25, 0.3) is 5.91 Å². The molecule has 1 atom stereocenters. The molecule has 0 unspecified atom stereocenters. The number of aromatic nitrogens is 1. The van der Waals surface area contributed by atoms with Gasteiger partial charge in [0, 0.05) is 26.6 Å². The third-order valence-corrected chi connectivity index (χ3v) is 5.57. The molecule has 32 heavy (non-hydrogen) atoms. The van der Waals surface area contributed by atoms with Crippen LogP contribution < -0.4 is 15.0 Å². The van der Waals surface area contributed by atoms with Gasteiger partial charge < -0.3 is 24.4 Å². The van der Waals surface area contributed by atoms with Crippen LogP contribution in [0.5, 0.6) is 5.88 Å². The van der Waals surface area contributed by atoms with E-state index in [1.54, 1.807) is 13.2 Å². The Morgan fingerprint density at radius 2 is 2.03 bits per heavy atom. The average molecular weight is 452 g/mol. The van der Waals surface area contributed by atoms with Crippen molar-refractivity contribution < 1.29 is 28.2 Å². The van der Waals surface area contributed by atoms with Crippen LogP contribution in [0.1, 0.15) is 50.0 Å². The van der Waals surface area contributed by atoms with Crippen LogP contribution in [0, 0.1) is 11.8 Å². The Morgan fingerprint density at radius 1 is 1.28 bits per heavy atom. The predicted molar refractivity (Wildman–Crippen MR) is 118 cm³/mol. The first-order chi connectivity index (χ1) is 15.4. The van der Waals surface area contributed by atoms with Crippen LogP contribution in [0.4, 0.5) is 10.1 Å². The van der Waals surface area contributed by atoms with E-state index in [0.717, 1.165) is 31.6 Å². The standard InChI is InChI=1S/C23H34FN3O5/c1-15(2)11-19(23(29)31-10-4-9-24)25-21(28)18-7-8-20(27-12-17(13-27)30-3)22(26-18)32-14-16-5-6-16/h7-8,15-17,19H,4-6,9-14H2,1-3H3,(H,25,28)/t19-/m1/s1. The summed E-state index contributed by atoms with van der Waals surface area (Å²) in [7, 11) is 1.69. The maximum absolute atomic E-state index is 12.9. The zero-order chi connectivity index (χ0) is 23.1. The third kappa shape index (κ3) is 6.79. The second kappa shape index (κ2) is 11.4. The largest absolute Gasteiger partial charge is 0.476 e. The van der Waals surface area contributed by atoms with Crippen LogP contribution in [0.3, 0.4) is 0 Å². The van der Waals surface area contributed by atoms with Gasteiger partial charge in [0.1, 0.15) is 17.4 Å². The molecule has 3 rings (SSSR count). The number of anilines is 1. The summed E-state index contributed by atoms with van der Waals surface area (Å²) in [5.41, 5.74) is 1.01. The number of pyridine rings is 1. The topological polar surface area (TPSA) is 90.0 Å². The summed E-state index contributed by atoms with van der Waals surface area (Å²) >= 11 is 0. The van der Waals surface area contributed by atoms with Crippen LogP contribution in [0.25, 0.3) is 0 Å². The van der Waals surface area contributed by atoms with Crippen molar-refractivity contribution in [2.75, 3.05) is 45.0 Å². The molecule has 1 aromatic rings. The minimum absolute atomic E-state index is 0.00972. The van der Waals surface area contributed by atoms with Crippen LogP contribution in [0.2, 0.25) is 0 Å². The van der Waals surface area contributed by atoms with E-state index in [1.807, 2.05) is 19.9 Å². The van der Waals surface area contributed by atoms with Gasteiger partial charge in [0.2, 0.25) is 5.88 Å². The second-order valence-electron chi connectivity index (χ2n) is 8.90. The van der Waals surface area contributed by atoms with Crippen LogP contribution >= 0.6 is 0 Å². The first kappa shape index (κ1) is 24.2. The van der Waals surface area contributed by atoms with Crippen molar-refractivity contribution >= 4 is 17.6 Å². The van der Waals surface area contributed by atoms with Crippen molar-refractivity contribution in [3.63, 3.8) is 0 Å². The number of amides is 1. The van der Waals surface area contributed by atoms with Crippen molar-refractivity contribution in [1.29, 1.82) is 0 Å². The fraction of sp³-hybridized carbons (Fsp3) is 0.696. The summed E-state index contributed by atoms with van der Waals surface area (Å²) in [5, 5.41) is 2.73. The van der Waals surface area contributed by atoms with Crippen LogP contribution in [-0.4, -0.2) is 69.1 Å². The van der Waals surface area contributed by atoms with Crippen LogP contribution in [-0.2, 0) is 14.3 Å². The fourth-order valence-electron chi connectivity index (χ4n) is 3.42. The van der Waals surface area contributed by atoms with Crippen molar-refractivity contribution in [2.45, 2.75) is 51.7 Å². The van der Waals surface area contributed by atoms with Gasteiger partial charge in [-0.05, 0) is 43.2 Å². The first-order valence-corrected chi connectivity index (χ1v) is 11.4. The summed E-state index contributed by atoms with van der Waals surface area (Å²) < 4.78 is 28.7. The molecule has 0 spiro atoms. The lowest BCUT2D eigenvalue weighted by atomic mass is 10.0. The van der Waals surface area contributed by atoms with E-state index in [2.05, 4.69) is 15.2 Å². The normalized spacial score (nSPS) is 17.1. The SMILES string of the molecule is COC1CN(c2ccc(C(=O)N[C@H](CC(C)C)C(=O)OCCCF)nc2OCC2CC2)C1. The number of methoxy groups -OCH3 is 1. The average Bonchev–Trinajstić information content (AvgIpc) is 3.55. The number of carbonyl (C=O) groups is 2. The molecule has 178 valence electrons. The van der Waals surface area contributed by atoms with Crippen molar-refractivity contribution in [2.24, 2.45) is 11.8 Å². The lowest BCUT2D eigenvalue weighted by Gasteiger charge is -2.40. The predicted octanol–water partition coefficient (Wildman–Crippen LogP) is 2.75. The van der Waals surface area contributed by atoms with Gasteiger partial charge in [-0.2, -0.15) is 0 Å². The molecule has 0 bridgehead atoms. The Balaban J connectivity index is 1.70. The number of rotatable bonds is 13.